The van der Waals surface area contributed by atoms with Crippen molar-refractivity contribution in [1.29, 1.82) is 0 Å². The molecule has 0 N–H and O–H groups in total. The van der Waals surface area contributed by atoms with Gasteiger partial charge in [0, 0.05) is 7.11 Å². The minimum Gasteiger partial charge on any atom is -0.398 e. The Kier molecular flexibility index (Phi) is 6.28. The fourth-order valence-corrected chi connectivity index (χ4v) is 2.86. The smallest absolute Gasteiger partial charge is 0.398 e. The molecule has 0 aliphatic carbocycles. The zero-order valence-corrected chi connectivity index (χ0v) is 13.8. The quantitative estimate of drug-likeness (QED) is 0.212. The third-order valence-electron chi connectivity index (χ3n) is 2.80. The largest absolute Gasteiger partial charge is 0.400 e. The van der Waals surface area contributed by atoms with Crippen LogP contribution in [0, 0.1) is 0 Å². The van der Waals surface area contributed by atoms with Crippen LogP contribution in [0.3, 0.4) is 0 Å². The molecule has 0 unspecified atom stereocenters. The summed E-state index contributed by atoms with van der Waals surface area (Å²) in [6, 6.07) is -6.17. The van der Waals surface area contributed by atoms with Gasteiger partial charge in [0.05, 0.1) is 0 Å². The number of hydrogen-bond donors (Lipinski definition) is 0. The molecule has 139 valence electrons. The molecule has 13 heteroatoms. The SMILES string of the molecule is CO[Si](C)(C)OC(C)(C)N([O])C(F)(F)C(F)(F)C(F)(F)C(F)F. The average Bonchev–Trinajstić information content (AvgIpc) is 2.35. The van der Waals surface area contributed by atoms with Gasteiger partial charge in [-0.2, -0.15) is 26.3 Å². The number of alkyl halides is 8. The third kappa shape index (κ3) is 4.13. The molecule has 0 fully saturated rings. The topological polar surface area (TPSA) is 41.6 Å². The number of halogens is 8. The Hall–Kier alpha value is -0.503. The van der Waals surface area contributed by atoms with Crippen molar-refractivity contribution in [3.63, 3.8) is 0 Å². The number of hydroxylamine groups is 2. The molecular formula is C10H16F8NO3Si. The zero-order chi connectivity index (χ0) is 19.1. The predicted molar refractivity (Wildman–Crippen MR) is 63.0 cm³/mol. The molecule has 0 saturated carbocycles. The maximum atomic E-state index is 13.6. The maximum Gasteiger partial charge on any atom is 0.400 e. The van der Waals surface area contributed by atoms with Gasteiger partial charge in [-0.25, -0.2) is 8.78 Å². The molecule has 0 aromatic carbocycles. The normalized spacial score (nSPS) is 15.7. The summed E-state index contributed by atoms with van der Waals surface area (Å²) in [6.07, 6.45) is -5.11. The highest BCUT2D eigenvalue weighted by Crippen LogP contribution is 2.51. The van der Waals surface area contributed by atoms with Crippen LogP contribution in [0.15, 0.2) is 0 Å². The number of nitrogens with zero attached hydrogens (tertiary/aromatic N) is 1. The van der Waals surface area contributed by atoms with Crippen LogP contribution < -0.4 is 0 Å². The van der Waals surface area contributed by atoms with E-state index in [1.165, 1.54) is 13.1 Å². The second-order valence-electron chi connectivity index (χ2n) is 5.49. The molecule has 0 aliphatic heterocycles. The molecular weight excluding hydrogens is 362 g/mol. The van der Waals surface area contributed by atoms with Crippen molar-refractivity contribution < 1.29 is 49.2 Å². The standard InChI is InChI=1S/C10H16F8NO3Si/c1-7(2,22-23(4,5)21-3)19(20)10(17,18)9(15,16)8(13,14)6(11)12/h6H,1-5H3. The lowest BCUT2D eigenvalue weighted by Gasteiger charge is -2.43. The van der Waals surface area contributed by atoms with Crippen molar-refractivity contribution in [3.8, 4) is 0 Å². The average molecular weight is 378 g/mol. The van der Waals surface area contributed by atoms with Gasteiger partial charge in [0.25, 0.3) is 0 Å². The van der Waals surface area contributed by atoms with Crippen molar-refractivity contribution in [3.05, 3.63) is 0 Å². The lowest BCUT2D eigenvalue weighted by atomic mass is 10.1. The summed E-state index contributed by atoms with van der Waals surface area (Å²) < 4.78 is 113. The number of hydrogen-bond acceptors (Lipinski definition) is 3. The van der Waals surface area contributed by atoms with Crippen LogP contribution >= 0.6 is 0 Å². The van der Waals surface area contributed by atoms with Crippen LogP contribution in [0.1, 0.15) is 13.8 Å². The minimum atomic E-state index is -6.64. The highest BCUT2D eigenvalue weighted by atomic mass is 28.4. The Morgan fingerprint density at radius 3 is 1.70 bits per heavy atom. The zero-order valence-electron chi connectivity index (χ0n) is 12.8. The van der Waals surface area contributed by atoms with E-state index in [0.29, 0.717) is 13.8 Å². The van der Waals surface area contributed by atoms with E-state index in [1.54, 1.807) is 0 Å². The van der Waals surface area contributed by atoms with Crippen LogP contribution in [0.25, 0.3) is 0 Å². The van der Waals surface area contributed by atoms with Crippen LogP contribution in [0.4, 0.5) is 35.1 Å². The minimum absolute atomic E-state index is 0.596. The molecule has 0 heterocycles. The lowest BCUT2D eigenvalue weighted by molar-refractivity contribution is -0.470. The fraction of sp³-hybridized carbons (Fsp3) is 1.00. The van der Waals surface area contributed by atoms with Gasteiger partial charge < -0.3 is 8.85 Å². The maximum absolute atomic E-state index is 13.6. The van der Waals surface area contributed by atoms with Crippen molar-refractivity contribution >= 4 is 8.56 Å². The van der Waals surface area contributed by atoms with E-state index in [9.17, 15) is 40.3 Å². The van der Waals surface area contributed by atoms with E-state index in [1.807, 2.05) is 0 Å². The molecule has 1 radical (unpaired) electrons. The van der Waals surface area contributed by atoms with E-state index in [2.05, 4.69) is 0 Å². The Balaban J connectivity index is 5.73. The molecule has 0 bridgehead atoms. The lowest BCUT2D eigenvalue weighted by Crippen LogP contribution is -2.68. The molecule has 0 atom stereocenters. The van der Waals surface area contributed by atoms with Crippen LogP contribution in [0.5, 0.6) is 0 Å². The van der Waals surface area contributed by atoms with E-state index < -0.39 is 43.7 Å². The molecule has 0 rings (SSSR count). The van der Waals surface area contributed by atoms with Crippen molar-refractivity contribution in [2.75, 3.05) is 7.11 Å². The summed E-state index contributed by atoms with van der Waals surface area (Å²) in [7, 11) is -2.14. The summed E-state index contributed by atoms with van der Waals surface area (Å²) in [5, 5.41) is 9.79. The van der Waals surface area contributed by atoms with E-state index in [0.717, 1.165) is 7.11 Å². The monoisotopic (exact) mass is 378 g/mol. The third-order valence-corrected chi connectivity index (χ3v) is 4.78. The highest BCUT2D eigenvalue weighted by Gasteiger charge is 2.79. The van der Waals surface area contributed by atoms with Gasteiger partial charge in [0.1, 0.15) is 5.72 Å². The van der Waals surface area contributed by atoms with Crippen LogP contribution in [-0.4, -0.2) is 50.8 Å². The van der Waals surface area contributed by atoms with Gasteiger partial charge in [-0.3, -0.25) is 0 Å². The Bertz CT molecular complexity index is 419. The van der Waals surface area contributed by atoms with E-state index in [-0.39, 0.29) is 0 Å². The summed E-state index contributed by atoms with van der Waals surface area (Å²) in [5.41, 5.74) is -2.75. The van der Waals surface area contributed by atoms with Gasteiger partial charge in [-0.05, 0) is 26.9 Å². The Morgan fingerprint density at radius 2 is 1.39 bits per heavy atom. The molecule has 0 aromatic rings. The second-order valence-corrected chi connectivity index (χ2v) is 8.90. The van der Waals surface area contributed by atoms with Gasteiger partial charge >= 0.3 is 32.9 Å². The second kappa shape index (κ2) is 6.42. The molecule has 4 nitrogen and oxygen atoms in total. The number of rotatable bonds is 8. The first-order chi connectivity index (χ1) is 9.87. The summed E-state index contributed by atoms with van der Waals surface area (Å²) in [4.78, 5) is 0. The van der Waals surface area contributed by atoms with Crippen molar-refractivity contribution in [1.82, 2.24) is 5.06 Å². The first-order valence-electron chi connectivity index (χ1n) is 6.01. The van der Waals surface area contributed by atoms with Gasteiger partial charge in [0.15, 0.2) is 0 Å². The van der Waals surface area contributed by atoms with Crippen LogP contribution in [-0.2, 0) is 14.1 Å². The molecule has 23 heavy (non-hydrogen) atoms. The Labute approximate surface area is 128 Å². The summed E-state index contributed by atoms with van der Waals surface area (Å²) in [6.45, 7) is 3.70. The van der Waals surface area contributed by atoms with Gasteiger partial charge in [-0.15, -0.1) is 5.21 Å². The first-order valence-corrected chi connectivity index (χ1v) is 8.83. The molecule has 0 amide bonds. The van der Waals surface area contributed by atoms with E-state index in [4.69, 9.17) is 8.85 Å². The summed E-state index contributed by atoms with van der Waals surface area (Å²) >= 11 is 0. The first kappa shape index (κ1) is 22.5. The van der Waals surface area contributed by atoms with E-state index >= 15 is 0 Å². The Morgan fingerprint density at radius 1 is 1.00 bits per heavy atom. The highest BCUT2D eigenvalue weighted by molar-refractivity contribution is 6.64. The molecule has 0 saturated heterocycles. The molecule has 0 aromatic heterocycles. The predicted octanol–water partition coefficient (Wildman–Crippen LogP) is 3.86. The summed E-state index contributed by atoms with van der Waals surface area (Å²) in [5.74, 6) is -13.1. The molecule has 0 spiro atoms. The van der Waals surface area contributed by atoms with Crippen LogP contribution in [0.2, 0.25) is 13.1 Å². The molecule has 0 aliphatic rings. The fourth-order valence-electron chi connectivity index (χ4n) is 1.49. The van der Waals surface area contributed by atoms with Gasteiger partial charge in [-0.1, -0.05) is 5.06 Å². The van der Waals surface area contributed by atoms with Gasteiger partial charge in [0.2, 0.25) is 0 Å². The van der Waals surface area contributed by atoms with Crippen molar-refractivity contribution in [2.24, 2.45) is 0 Å². The van der Waals surface area contributed by atoms with Crippen molar-refractivity contribution in [2.45, 2.75) is 57.0 Å².